The van der Waals surface area contributed by atoms with Gasteiger partial charge in [0.05, 0.1) is 18.2 Å². The lowest BCUT2D eigenvalue weighted by Gasteiger charge is -2.23. The van der Waals surface area contributed by atoms with E-state index in [-0.39, 0.29) is 29.7 Å². The fraction of sp³-hybridized carbons (Fsp3) is 0.417. The summed E-state index contributed by atoms with van der Waals surface area (Å²) in [5.74, 6) is -0.160. The van der Waals surface area contributed by atoms with E-state index < -0.39 is 5.54 Å². The van der Waals surface area contributed by atoms with Gasteiger partial charge in [0, 0.05) is 11.1 Å². The van der Waals surface area contributed by atoms with Crippen LogP contribution in [0.3, 0.4) is 0 Å². The quantitative estimate of drug-likeness (QED) is 0.701. The summed E-state index contributed by atoms with van der Waals surface area (Å²) in [4.78, 5) is 11.8. The molecular formula is C12H16ClNO3. The molecule has 0 amide bonds. The molecule has 1 rings (SSSR count). The van der Waals surface area contributed by atoms with E-state index in [1.54, 1.807) is 13.8 Å². The van der Waals surface area contributed by atoms with Crippen LogP contribution in [0.1, 0.15) is 24.2 Å². The number of benzene rings is 1. The molecule has 5 heteroatoms. The highest BCUT2D eigenvalue weighted by atomic mass is 35.5. The summed E-state index contributed by atoms with van der Waals surface area (Å²) in [5, 5.41) is 21.4. The van der Waals surface area contributed by atoms with Crippen molar-refractivity contribution in [1.29, 1.82) is 0 Å². The Kier molecular flexibility index (Phi) is 4.51. The molecule has 4 nitrogen and oxygen atoms in total. The van der Waals surface area contributed by atoms with Gasteiger partial charge < -0.3 is 15.5 Å². The Morgan fingerprint density at radius 1 is 1.47 bits per heavy atom. The topological polar surface area (TPSA) is 69.6 Å². The number of carbonyl (C=O) groups is 1. The number of hydrogen-bond donors (Lipinski definition) is 3. The second kappa shape index (κ2) is 5.49. The first kappa shape index (κ1) is 14.0. The van der Waals surface area contributed by atoms with Gasteiger partial charge in [-0.1, -0.05) is 11.6 Å². The molecule has 0 saturated heterocycles. The maximum absolute atomic E-state index is 11.8. The predicted molar refractivity (Wildman–Crippen MR) is 66.6 cm³/mol. The zero-order valence-corrected chi connectivity index (χ0v) is 10.6. The number of phenolic OH excluding ortho intramolecular Hbond substituents is 1. The number of rotatable bonds is 5. The lowest BCUT2D eigenvalue weighted by molar-refractivity contribution is 0.0968. The number of halogens is 1. The number of aliphatic hydroxyl groups is 1. The molecule has 17 heavy (non-hydrogen) atoms. The lowest BCUT2D eigenvalue weighted by atomic mass is 10.1. The number of hydrogen-bond acceptors (Lipinski definition) is 4. The van der Waals surface area contributed by atoms with Gasteiger partial charge >= 0.3 is 0 Å². The van der Waals surface area contributed by atoms with Crippen LogP contribution in [0.2, 0.25) is 5.02 Å². The van der Waals surface area contributed by atoms with Crippen molar-refractivity contribution in [1.82, 2.24) is 5.32 Å². The minimum absolute atomic E-state index is 0.0233. The van der Waals surface area contributed by atoms with Crippen molar-refractivity contribution in [3.05, 3.63) is 28.8 Å². The smallest absolute Gasteiger partial charge is 0.178 e. The van der Waals surface area contributed by atoms with Crippen LogP contribution in [0, 0.1) is 0 Å². The summed E-state index contributed by atoms with van der Waals surface area (Å²) in [5.41, 5.74) is -0.162. The highest BCUT2D eigenvalue weighted by Crippen LogP contribution is 2.21. The van der Waals surface area contributed by atoms with E-state index in [0.717, 1.165) is 0 Å². The van der Waals surface area contributed by atoms with Gasteiger partial charge in [0.1, 0.15) is 5.75 Å². The van der Waals surface area contributed by atoms with Crippen molar-refractivity contribution < 1.29 is 15.0 Å². The first-order chi connectivity index (χ1) is 7.85. The number of nitrogens with one attached hydrogen (secondary N) is 1. The normalized spacial score (nSPS) is 11.5. The molecule has 0 bridgehead atoms. The van der Waals surface area contributed by atoms with Crippen molar-refractivity contribution in [2.24, 2.45) is 0 Å². The zero-order chi connectivity index (χ0) is 13.1. The first-order valence-electron chi connectivity index (χ1n) is 5.23. The molecule has 0 saturated carbocycles. The highest BCUT2D eigenvalue weighted by molar-refractivity contribution is 6.34. The van der Waals surface area contributed by atoms with Crippen LogP contribution in [0.4, 0.5) is 0 Å². The first-order valence-corrected chi connectivity index (χ1v) is 5.61. The third kappa shape index (κ3) is 4.00. The van der Waals surface area contributed by atoms with E-state index >= 15 is 0 Å². The molecule has 0 spiro atoms. The number of phenols is 1. The third-order valence-electron chi connectivity index (χ3n) is 2.38. The molecule has 0 heterocycles. The second-order valence-electron chi connectivity index (χ2n) is 4.48. The van der Waals surface area contributed by atoms with Crippen LogP contribution < -0.4 is 5.32 Å². The Bertz CT molecular complexity index is 418. The molecule has 0 aliphatic heterocycles. The van der Waals surface area contributed by atoms with Crippen molar-refractivity contribution in [2.45, 2.75) is 19.4 Å². The van der Waals surface area contributed by atoms with Crippen molar-refractivity contribution in [3.63, 3.8) is 0 Å². The second-order valence-corrected chi connectivity index (χ2v) is 4.89. The van der Waals surface area contributed by atoms with Crippen LogP contribution in [0.25, 0.3) is 0 Å². The minimum Gasteiger partial charge on any atom is -0.508 e. The summed E-state index contributed by atoms with van der Waals surface area (Å²) in [6.07, 6.45) is 0. The summed E-state index contributed by atoms with van der Waals surface area (Å²) in [6, 6.07) is 4.22. The van der Waals surface area contributed by atoms with E-state index in [1.165, 1.54) is 18.2 Å². The van der Waals surface area contributed by atoms with Crippen molar-refractivity contribution in [3.8, 4) is 5.75 Å². The number of Topliss-reactive ketones (excluding diaryl/α,β-unsaturated/α-hetero) is 1. The van der Waals surface area contributed by atoms with Gasteiger partial charge in [-0.05, 0) is 32.0 Å². The summed E-state index contributed by atoms with van der Waals surface area (Å²) >= 11 is 5.85. The van der Waals surface area contributed by atoms with Crippen molar-refractivity contribution in [2.75, 3.05) is 13.2 Å². The van der Waals surface area contributed by atoms with Gasteiger partial charge in [-0.25, -0.2) is 0 Å². The van der Waals surface area contributed by atoms with Gasteiger partial charge in [-0.15, -0.1) is 0 Å². The standard InChI is InChI=1S/C12H16ClNO3/c1-12(2,7-15)14-6-11(17)9-4-3-8(16)5-10(9)13/h3-5,14-16H,6-7H2,1-2H3. The molecule has 0 aromatic heterocycles. The molecule has 3 N–H and O–H groups in total. The fourth-order valence-electron chi connectivity index (χ4n) is 1.20. The zero-order valence-electron chi connectivity index (χ0n) is 9.83. The average Bonchev–Trinajstić information content (AvgIpc) is 2.26. The summed E-state index contributed by atoms with van der Waals surface area (Å²) in [6.45, 7) is 3.60. The van der Waals surface area contributed by atoms with Gasteiger partial charge in [0.15, 0.2) is 5.78 Å². The van der Waals surface area contributed by atoms with Gasteiger partial charge in [-0.3, -0.25) is 4.79 Å². The Morgan fingerprint density at radius 2 is 2.12 bits per heavy atom. The SMILES string of the molecule is CC(C)(CO)NCC(=O)c1ccc(O)cc1Cl. The summed E-state index contributed by atoms with van der Waals surface area (Å²) in [7, 11) is 0. The van der Waals surface area contributed by atoms with E-state index in [1.807, 2.05) is 0 Å². The lowest BCUT2D eigenvalue weighted by Crippen LogP contribution is -2.45. The van der Waals surface area contributed by atoms with Gasteiger partial charge in [0.2, 0.25) is 0 Å². The number of aromatic hydroxyl groups is 1. The van der Waals surface area contributed by atoms with Crippen LogP contribution in [-0.2, 0) is 0 Å². The van der Waals surface area contributed by atoms with Crippen LogP contribution in [-0.4, -0.2) is 34.7 Å². The van der Waals surface area contributed by atoms with Gasteiger partial charge in [-0.2, -0.15) is 0 Å². The maximum atomic E-state index is 11.8. The van der Waals surface area contributed by atoms with Crippen LogP contribution in [0.15, 0.2) is 18.2 Å². The maximum Gasteiger partial charge on any atom is 0.178 e. The Hall–Kier alpha value is -1.10. The minimum atomic E-state index is -0.515. The van der Waals surface area contributed by atoms with Crippen LogP contribution in [0.5, 0.6) is 5.75 Å². The summed E-state index contributed by atoms with van der Waals surface area (Å²) < 4.78 is 0. The Balaban J connectivity index is 2.71. The van der Waals surface area contributed by atoms with E-state index in [4.69, 9.17) is 16.7 Å². The Labute approximate surface area is 105 Å². The molecule has 0 atom stereocenters. The molecule has 0 aliphatic rings. The number of ketones is 1. The van der Waals surface area contributed by atoms with Crippen LogP contribution >= 0.6 is 11.6 Å². The monoisotopic (exact) mass is 257 g/mol. The fourth-order valence-corrected chi connectivity index (χ4v) is 1.48. The Morgan fingerprint density at radius 3 is 2.65 bits per heavy atom. The molecule has 0 unspecified atom stereocenters. The highest BCUT2D eigenvalue weighted by Gasteiger charge is 2.18. The molecule has 1 aromatic rings. The van der Waals surface area contributed by atoms with E-state index in [9.17, 15) is 9.90 Å². The molecule has 0 fully saturated rings. The predicted octanol–water partition coefficient (Wildman–Crippen LogP) is 1.59. The molecule has 0 radical (unpaired) electrons. The number of carbonyl (C=O) groups excluding carboxylic acids is 1. The molecular weight excluding hydrogens is 242 g/mol. The van der Waals surface area contributed by atoms with Crippen molar-refractivity contribution >= 4 is 17.4 Å². The largest absolute Gasteiger partial charge is 0.508 e. The van der Waals surface area contributed by atoms with E-state index in [2.05, 4.69) is 5.32 Å². The van der Waals surface area contributed by atoms with E-state index in [0.29, 0.717) is 5.56 Å². The third-order valence-corrected chi connectivity index (χ3v) is 2.69. The number of aliphatic hydroxyl groups excluding tert-OH is 1. The molecule has 0 aliphatic carbocycles. The molecule has 94 valence electrons. The molecule has 1 aromatic carbocycles. The average molecular weight is 258 g/mol. The van der Waals surface area contributed by atoms with Gasteiger partial charge in [0.25, 0.3) is 0 Å².